The zero-order valence-electron chi connectivity index (χ0n) is 48.6. The van der Waals surface area contributed by atoms with Gasteiger partial charge in [0.2, 0.25) is 12.0 Å². The normalized spacial score (nSPS) is 26.8. The van der Waals surface area contributed by atoms with E-state index in [1.54, 1.807) is 73.8 Å². The Morgan fingerprint density at radius 3 is 2.00 bits per heavy atom. The molecule has 22 nitrogen and oxygen atoms in total. The Bertz CT molecular complexity index is 2990. The molecule has 452 valence electrons. The SMILES string of the molecule is CN[C@H](CCCCNCC(=O)CCC(=O)NCC(=O)O[C@@H](C(=O)O[C@H]1C[C@@]2(O)[C@@H](OC(=O)c3ccccc3)[C@@H]3[C@]4(OC(C)=O)CO[C@@H]4C[C@H](O)[C@@]3(C)C(=O)[C@H](OC(C)=O)C(=C1C)C2(C)C)[C@@H](NC(=O)c1ccccc1)c1ccccc1)C(C)=O. The van der Waals surface area contributed by atoms with Crippen LogP contribution in [0, 0.1) is 16.7 Å². The molecule has 7 rings (SSSR count). The van der Waals surface area contributed by atoms with Crippen LogP contribution in [0.1, 0.15) is 126 Å². The molecule has 84 heavy (non-hydrogen) atoms. The number of rotatable bonds is 25. The van der Waals surface area contributed by atoms with Gasteiger partial charge in [-0.05, 0) is 88.2 Å². The Labute approximate surface area is 487 Å². The van der Waals surface area contributed by atoms with Gasteiger partial charge in [0, 0.05) is 50.5 Å². The minimum Gasteiger partial charge on any atom is -0.455 e. The van der Waals surface area contributed by atoms with Crippen molar-refractivity contribution in [2.45, 2.75) is 153 Å². The molecular formula is C62H76N4O18. The van der Waals surface area contributed by atoms with E-state index in [1.165, 1.54) is 58.9 Å². The third-order valence-electron chi connectivity index (χ3n) is 17.0. The molecule has 4 aliphatic rings. The van der Waals surface area contributed by atoms with Crippen molar-refractivity contribution in [2.24, 2.45) is 16.7 Å². The summed E-state index contributed by atoms with van der Waals surface area (Å²) in [6, 6.07) is 21.8. The summed E-state index contributed by atoms with van der Waals surface area (Å²) in [4.78, 5) is 138. The number of hydrogen-bond donors (Lipinski definition) is 6. The van der Waals surface area contributed by atoms with Crippen LogP contribution in [0.25, 0.3) is 0 Å². The summed E-state index contributed by atoms with van der Waals surface area (Å²) in [6.45, 7) is 8.85. The zero-order chi connectivity index (χ0) is 61.3. The number of aliphatic hydroxyl groups is 2. The Balaban J connectivity index is 1.25. The highest BCUT2D eigenvalue weighted by atomic mass is 16.6. The maximum Gasteiger partial charge on any atom is 0.350 e. The van der Waals surface area contributed by atoms with E-state index in [4.69, 9.17) is 28.4 Å². The number of amides is 2. The highest BCUT2D eigenvalue weighted by Crippen LogP contribution is 2.64. The molecule has 2 saturated carbocycles. The molecule has 0 radical (unpaired) electrons. The number of aliphatic hydroxyl groups excluding tert-OH is 1. The molecule has 0 spiro atoms. The third-order valence-corrected chi connectivity index (χ3v) is 17.0. The van der Waals surface area contributed by atoms with Crippen LogP contribution in [0.15, 0.2) is 102 Å². The maximum atomic E-state index is 15.8. The van der Waals surface area contributed by atoms with Crippen LogP contribution >= 0.6 is 0 Å². The van der Waals surface area contributed by atoms with Crippen LogP contribution < -0.4 is 21.3 Å². The fourth-order valence-electron chi connectivity index (χ4n) is 12.4. The molecule has 3 aromatic rings. The maximum absolute atomic E-state index is 15.8. The van der Waals surface area contributed by atoms with Gasteiger partial charge in [-0.3, -0.25) is 38.4 Å². The number of carbonyl (C=O) groups excluding carboxylic acids is 10. The smallest absolute Gasteiger partial charge is 0.350 e. The molecule has 6 N–H and O–H groups in total. The van der Waals surface area contributed by atoms with Crippen molar-refractivity contribution < 1.29 is 86.6 Å². The van der Waals surface area contributed by atoms with E-state index in [1.807, 2.05) is 0 Å². The van der Waals surface area contributed by atoms with Gasteiger partial charge in [0.05, 0.1) is 42.2 Å². The van der Waals surface area contributed by atoms with Crippen molar-refractivity contribution in [1.82, 2.24) is 21.3 Å². The molecule has 2 bridgehead atoms. The van der Waals surface area contributed by atoms with Crippen LogP contribution in [0.5, 0.6) is 0 Å². The Kier molecular flexibility index (Phi) is 20.6. The van der Waals surface area contributed by atoms with E-state index in [9.17, 15) is 48.6 Å². The molecular weight excluding hydrogens is 1090 g/mol. The number of unbranched alkanes of at least 4 members (excludes halogenated alkanes) is 1. The highest BCUT2D eigenvalue weighted by molar-refractivity contribution is 5.97. The van der Waals surface area contributed by atoms with Gasteiger partial charge in [-0.25, -0.2) is 9.59 Å². The molecule has 3 fully saturated rings. The van der Waals surface area contributed by atoms with Gasteiger partial charge < -0.3 is 59.9 Å². The Morgan fingerprint density at radius 1 is 0.786 bits per heavy atom. The van der Waals surface area contributed by atoms with E-state index in [2.05, 4.69) is 21.3 Å². The lowest BCUT2D eigenvalue weighted by Crippen LogP contribution is -2.82. The minimum absolute atomic E-state index is 0.0112. The van der Waals surface area contributed by atoms with E-state index < -0.39 is 131 Å². The number of carbonyl (C=O) groups is 10. The molecule has 1 aliphatic heterocycles. The summed E-state index contributed by atoms with van der Waals surface area (Å²) in [5.41, 5.74) is -7.96. The Morgan fingerprint density at radius 2 is 1.42 bits per heavy atom. The fraction of sp³-hybridized carbons (Fsp3) is 0.516. The summed E-state index contributed by atoms with van der Waals surface area (Å²) in [5, 5.41) is 37.5. The molecule has 0 unspecified atom stereocenters. The number of ether oxygens (including phenoxy) is 6. The van der Waals surface area contributed by atoms with Gasteiger partial charge in [-0.1, -0.05) is 87.0 Å². The first-order valence-corrected chi connectivity index (χ1v) is 28.2. The lowest BCUT2D eigenvalue weighted by atomic mass is 9.44. The van der Waals surface area contributed by atoms with Gasteiger partial charge in [-0.15, -0.1) is 0 Å². The third kappa shape index (κ3) is 13.5. The topological polar surface area (TPSA) is 315 Å². The zero-order valence-corrected chi connectivity index (χ0v) is 48.6. The van der Waals surface area contributed by atoms with Gasteiger partial charge >= 0.3 is 29.8 Å². The summed E-state index contributed by atoms with van der Waals surface area (Å²) in [6.07, 6.45) is -9.70. The van der Waals surface area contributed by atoms with Crippen molar-refractivity contribution in [1.29, 1.82) is 0 Å². The van der Waals surface area contributed by atoms with Crippen molar-refractivity contribution in [2.75, 3.05) is 33.3 Å². The second-order valence-corrected chi connectivity index (χ2v) is 22.8. The summed E-state index contributed by atoms with van der Waals surface area (Å²) >= 11 is 0. The molecule has 2 amide bonds. The van der Waals surface area contributed by atoms with Crippen molar-refractivity contribution in [3.05, 3.63) is 119 Å². The largest absolute Gasteiger partial charge is 0.455 e. The number of nitrogens with one attached hydrogen (secondary N) is 4. The minimum atomic E-state index is -2.53. The van der Waals surface area contributed by atoms with E-state index in [0.29, 0.717) is 19.4 Å². The number of Topliss-reactive ketones (excluding diaryl/α,β-unsaturated/α-hetero) is 3. The molecule has 12 atom stereocenters. The second-order valence-electron chi connectivity index (χ2n) is 22.8. The highest BCUT2D eigenvalue weighted by Gasteiger charge is 2.78. The second kappa shape index (κ2) is 27.0. The van der Waals surface area contributed by atoms with Gasteiger partial charge in [-0.2, -0.15) is 0 Å². The van der Waals surface area contributed by atoms with E-state index in [-0.39, 0.29) is 77.9 Å². The monoisotopic (exact) mass is 1160 g/mol. The van der Waals surface area contributed by atoms with E-state index >= 15 is 9.59 Å². The first-order chi connectivity index (χ1) is 39.8. The summed E-state index contributed by atoms with van der Waals surface area (Å²) in [7, 11) is 1.72. The number of hydrogen-bond acceptors (Lipinski definition) is 20. The van der Waals surface area contributed by atoms with Crippen LogP contribution in [-0.2, 0) is 66.8 Å². The first kappa shape index (κ1) is 64.1. The fourth-order valence-corrected chi connectivity index (χ4v) is 12.4. The number of esters is 5. The van der Waals surface area contributed by atoms with Crippen molar-refractivity contribution >= 4 is 59.0 Å². The molecule has 3 aromatic carbocycles. The van der Waals surface area contributed by atoms with Gasteiger partial charge in [0.15, 0.2) is 17.5 Å². The summed E-state index contributed by atoms with van der Waals surface area (Å²) in [5.74, 6) is -9.52. The van der Waals surface area contributed by atoms with E-state index in [0.717, 1.165) is 20.3 Å². The number of fused-ring (bicyclic) bond motifs is 5. The lowest BCUT2D eigenvalue weighted by Gasteiger charge is -2.67. The Hall–Kier alpha value is -7.50. The standard InChI is InChI=1S/C62H76N4O18/c1-35-44(31-62(78)55(83-57(76)41-24-16-11-17-25-41)53-60(7,45(71)30-46-61(53,34-79-46)84-38(4)69)54(74)51(80-37(3)68)49(35)59(62,5)6)81-58(77)52(50(39-20-12-9-13-21-39)66-56(75)40-22-14-10-15-23-40)82-48(73)33-65-47(72)28-27-42(70)32-64-29-19-18-26-43(63-8)36(2)67/h9-17,20-25,43-46,50-53,55,63-64,71,78H,18-19,26-34H2,1-8H3,(H,65,72)(H,66,75)/t43-,44+,45+,46-,50+,51-,52-,53+,55+,60-,61+,62-/m1/s1. The van der Waals surface area contributed by atoms with Crippen molar-refractivity contribution in [3.8, 4) is 0 Å². The van der Waals surface area contributed by atoms with Crippen LogP contribution in [0.2, 0.25) is 0 Å². The first-order valence-electron chi connectivity index (χ1n) is 28.2. The summed E-state index contributed by atoms with van der Waals surface area (Å²) < 4.78 is 36.8. The lowest BCUT2D eigenvalue weighted by molar-refractivity contribution is -0.346. The molecule has 22 heteroatoms. The average molecular weight is 1170 g/mol. The van der Waals surface area contributed by atoms with Gasteiger partial charge in [0.1, 0.15) is 48.1 Å². The average Bonchev–Trinajstić information content (AvgIpc) is 0.683. The predicted octanol–water partition coefficient (Wildman–Crippen LogP) is 3.69. The van der Waals surface area contributed by atoms with Crippen molar-refractivity contribution in [3.63, 3.8) is 0 Å². The van der Waals surface area contributed by atoms with Crippen LogP contribution in [0.4, 0.5) is 0 Å². The molecule has 3 aliphatic carbocycles. The predicted molar refractivity (Wildman–Crippen MR) is 299 cm³/mol. The molecule has 1 heterocycles. The molecule has 1 saturated heterocycles. The number of benzene rings is 3. The molecule has 0 aromatic heterocycles. The number of likely N-dealkylation sites (N-methyl/N-ethyl adjacent to an activating group) is 1. The van der Waals surface area contributed by atoms with Crippen LogP contribution in [0.3, 0.4) is 0 Å². The quantitative estimate of drug-likeness (QED) is 0.0305. The number of ketones is 3. The van der Waals surface area contributed by atoms with Crippen LogP contribution in [-0.4, -0.2) is 156 Å². The van der Waals surface area contributed by atoms with Gasteiger partial charge in [0.25, 0.3) is 5.91 Å².